The fraction of sp³-hybridized carbons (Fsp3) is 0.182. The highest BCUT2D eigenvalue weighted by atomic mass is 16.1. The van der Waals surface area contributed by atoms with Gasteiger partial charge in [0.2, 0.25) is 5.43 Å². The van der Waals surface area contributed by atoms with E-state index < -0.39 is 0 Å². The zero-order valence-corrected chi connectivity index (χ0v) is 8.88. The largest absolute Gasteiger partial charge is 0.385 e. The van der Waals surface area contributed by atoms with Crippen LogP contribution in [-0.2, 0) is 4.79 Å². The van der Waals surface area contributed by atoms with Gasteiger partial charge in [0.15, 0.2) is 11.3 Å². The summed E-state index contributed by atoms with van der Waals surface area (Å²) in [6.07, 6.45) is 5.28. The molecule has 6 heteroatoms. The number of carbonyl (C=O) groups is 1. The Bertz CT molecular complexity index is 695. The lowest BCUT2D eigenvalue weighted by molar-refractivity contribution is -0.114. The van der Waals surface area contributed by atoms with E-state index in [4.69, 9.17) is 5.73 Å². The van der Waals surface area contributed by atoms with Crippen LogP contribution >= 0.6 is 0 Å². The number of aromatic nitrogens is 3. The van der Waals surface area contributed by atoms with E-state index in [9.17, 15) is 9.59 Å². The number of nitrogen functional groups attached to an aromatic ring is 1. The van der Waals surface area contributed by atoms with E-state index in [1.54, 1.807) is 23.0 Å². The first-order valence-corrected chi connectivity index (χ1v) is 5.21. The number of rotatable bonds is 1. The van der Waals surface area contributed by atoms with Crippen molar-refractivity contribution in [2.75, 3.05) is 5.73 Å². The van der Waals surface area contributed by atoms with Gasteiger partial charge in [-0.2, -0.15) is 0 Å². The SMILES string of the molecule is Nc1cc(=O)c2ncn(C3C=CC(=O)C3)c2[nH]1. The quantitative estimate of drug-likeness (QED) is 0.740. The van der Waals surface area contributed by atoms with Crippen LogP contribution in [0.2, 0.25) is 0 Å². The number of hydrogen-bond donors (Lipinski definition) is 2. The molecule has 0 fully saturated rings. The molecule has 1 atom stereocenters. The van der Waals surface area contributed by atoms with Crippen LogP contribution in [0, 0.1) is 0 Å². The van der Waals surface area contributed by atoms with Crippen molar-refractivity contribution in [3.05, 3.63) is 34.8 Å². The second kappa shape index (κ2) is 3.31. The fourth-order valence-electron chi connectivity index (χ4n) is 2.05. The Labute approximate surface area is 95.8 Å². The van der Waals surface area contributed by atoms with Gasteiger partial charge in [0.1, 0.15) is 11.5 Å². The molecule has 0 aliphatic heterocycles. The molecule has 0 aromatic carbocycles. The molecule has 2 aromatic rings. The average molecular weight is 230 g/mol. The van der Waals surface area contributed by atoms with Crippen molar-refractivity contribution in [3.63, 3.8) is 0 Å². The van der Waals surface area contributed by atoms with Gasteiger partial charge in [-0.1, -0.05) is 6.08 Å². The third-order valence-corrected chi connectivity index (χ3v) is 2.85. The van der Waals surface area contributed by atoms with Crippen molar-refractivity contribution in [2.24, 2.45) is 0 Å². The summed E-state index contributed by atoms with van der Waals surface area (Å²) >= 11 is 0. The second-order valence-corrected chi connectivity index (χ2v) is 4.03. The van der Waals surface area contributed by atoms with Gasteiger partial charge < -0.3 is 15.3 Å². The number of ketones is 1. The molecule has 0 amide bonds. The van der Waals surface area contributed by atoms with Crippen LogP contribution in [0.4, 0.5) is 5.82 Å². The van der Waals surface area contributed by atoms with Crippen LogP contribution < -0.4 is 11.2 Å². The predicted molar refractivity (Wildman–Crippen MR) is 62.6 cm³/mol. The van der Waals surface area contributed by atoms with Gasteiger partial charge in [-0.05, 0) is 6.08 Å². The van der Waals surface area contributed by atoms with Crippen molar-refractivity contribution < 1.29 is 4.79 Å². The summed E-state index contributed by atoms with van der Waals surface area (Å²) in [6.45, 7) is 0. The van der Waals surface area contributed by atoms with E-state index in [0.29, 0.717) is 17.6 Å². The first-order valence-electron chi connectivity index (χ1n) is 5.21. The fourth-order valence-corrected chi connectivity index (χ4v) is 2.05. The zero-order chi connectivity index (χ0) is 12.0. The minimum absolute atomic E-state index is 0.0723. The van der Waals surface area contributed by atoms with Gasteiger partial charge in [-0.3, -0.25) is 9.59 Å². The third-order valence-electron chi connectivity index (χ3n) is 2.85. The summed E-state index contributed by atoms with van der Waals surface area (Å²) in [6, 6.07) is 1.21. The van der Waals surface area contributed by atoms with Gasteiger partial charge in [-0.25, -0.2) is 4.98 Å². The molecule has 1 unspecified atom stereocenters. The maximum Gasteiger partial charge on any atom is 0.211 e. The molecule has 86 valence electrons. The highest BCUT2D eigenvalue weighted by molar-refractivity contribution is 5.92. The molecule has 0 radical (unpaired) electrons. The molecule has 0 saturated carbocycles. The summed E-state index contributed by atoms with van der Waals surface area (Å²) < 4.78 is 1.76. The standard InChI is InChI=1S/C11H10N4O2/c12-9-4-8(17)10-11(14-9)15(5-13-10)6-1-2-7(16)3-6/h1-2,4-6H,3H2,(H3,12,14,17). The number of pyridine rings is 1. The number of nitrogens with one attached hydrogen (secondary N) is 1. The minimum atomic E-state index is -0.219. The molecule has 6 nitrogen and oxygen atoms in total. The molecular weight excluding hydrogens is 220 g/mol. The van der Waals surface area contributed by atoms with Crippen LogP contribution in [-0.4, -0.2) is 20.3 Å². The number of hydrogen-bond acceptors (Lipinski definition) is 4. The Morgan fingerprint density at radius 2 is 2.29 bits per heavy atom. The highest BCUT2D eigenvalue weighted by Gasteiger charge is 2.20. The van der Waals surface area contributed by atoms with Gasteiger partial charge in [0, 0.05) is 12.5 Å². The molecule has 1 aliphatic rings. The molecule has 2 aromatic heterocycles. The van der Waals surface area contributed by atoms with Gasteiger partial charge >= 0.3 is 0 Å². The molecule has 1 aliphatic carbocycles. The topological polar surface area (TPSA) is 93.8 Å². The molecule has 3 N–H and O–H groups in total. The van der Waals surface area contributed by atoms with E-state index >= 15 is 0 Å². The first kappa shape index (κ1) is 9.83. The van der Waals surface area contributed by atoms with Crippen LogP contribution in [0.15, 0.2) is 29.3 Å². The summed E-state index contributed by atoms with van der Waals surface area (Å²) in [5, 5.41) is 0. The van der Waals surface area contributed by atoms with Crippen molar-refractivity contribution in [3.8, 4) is 0 Å². The van der Waals surface area contributed by atoms with Gasteiger partial charge in [0.25, 0.3) is 0 Å². The lowest BCUT2D eigenvalue weighted by Gasteiger charge is -2.09. The lowest BCUT2D eigenvalue weighted by atomic mass is 10.2. The van der Waals surface area contributed by atoms with Crippen molar-refractivity contribution in [1.82, 2.24) is 14.5 Å². The van der Waals surface area contributed by atoms with E-state index in [0.717, 1.165) is 0 Å². The van der Waals surface area contributed by atoms with E-state index in [1.807, 2.05) is 0 Å². The molecule has 17 heavy (non-hydrogen) atoms. The van der Waals surface area contributed by atoms with Crippen LogP contribution in [0.25, 0.3) is 11.2 Å². The Morgan fingerprint density at radius 3 is 3.00 bits per heavy atom. The van der Waals surface area contributed by atoms with E-state index in [2.05, 4.69) is 9.97 Å². The van der Waals surface area contributed by atoms with Gasteiger partial charge in [-0.15, -0.1) is 0 Å². The first-order chi connectivity index (χ1) is 8.15. The maximum absolute atomic E-state index is 11.6. The minimum Gasteiger partial charge on any atom is -0.385 e. The Hall–Kier alpha value is -2.37. The van der Waals surface area contributed by atoms with E-state index in [-0.39, 0.29) is 23.1 Å². The molecule has 0 saturated heterocycles. The Kier molecular flexibility index (Phi) is 1.91. The molecule has 0 spiro atoms. The number of aromatic amines is 1. The lowest BCUT2D eigenvalue weighted by Crippen LogP contribution is -2.09. The molecule has 0 bridgehead atoms. The van der Waals surface area contributed by atoms with Gasteiger partial charge in [0.05, 0.1) is 12.4 Å². The third kappa shape index (κ3) is 1.45. The Morgan fingerprint density at radius 1 is 1.47 bits per heavy atom. The normalized spacial score (nSPS) is 19.3. The zero-order valence-electron chi connectivity index (χ0n) is 8.88. The summed E-state index contributed by atoms with van der Waals surface area (Å²) in [5.41, 5.74) is 6.27. The summed E-state index contributed by atoms with van der Waals surface area (Å²) in [7, 11) is 0. The predicted octanol–water partition coefficient (Wildman–Crippen LogP) is 0.377. The molecule has 2 heterocycles. The number of H-pyrrole nitrogens is 1. The number of imidazole rings is 1. The van der Waals surface area contributed by atoms with Crippen molar-refractivity contribution in [1.29, 1.82) is 0 Å². The van der Waals surface area contributed by atoms with Crippen LogP contribution in [0.1, 0.15) is 12.5 Å². The number of allylic oxidation sites excluding steroid dienone is 2. The highest BCUT2D eigenvalue weighted by Crippen LogP contribution is 2.23. The Balaban J connectivity index is 2.21. The second-order valence-electron chi connectivity index (χ2n) is 4.03. The number of anilines is 1. The van der Waals surface area contributed by atoms with Crippen LogP contribution in [0.5, 0.6) is 0 Å². The maximum atomic E-state index is 11.6. The van der Waals surface area contributed by atoms with Crippen molar-refractivity contribution >= 4 is 22.8 Å². The monoisotopic (exact) mass is 230 g/mol. The molecular formula is C11H10N4O2. The summed E-state index contributed by atoms with van der Waals surface area (Å²) in [5.74, 6) is 0.362. The summed E-state index contributed by atoms with van der Waals surface area (Å²) in [4.78, 5) is 29.8. The number of fused-ring (bicyclic) bond motifs is 1. The molecule has 3 rings (SSSR count). The smallest absolute Gasteiger partial charge is 0.211 e. The number of nitrogens with zero attached hydrogens (tertiary/aromatic N) is 2. The van der Waals surface area contributed by atoms with E-state index in [1.165, 1.54) is 6.07 Å². The van der Waals surface area contributed by atoms with Crippen molar-refractivity contribution in [2.45, 2.75) is 12.5 Å². The number of carbonyl (C=O) groups excluding carboxylic acids is 1. The number of nitrogens with two attached hydrogens (primary N) is 1. The van der Waals surface area contributed by atoms with Crippen LogP contribution in [0.3, 0.4) is 0 Å². The average Bonchev–Trinajstić information content (AvgIpc) is 2.83.